The van der Waals surface area contributed by atoms with Gasteiger partial charge in [0, 0.05) is 29.8 Å². The number of rotatable bonds is 6. The van der Waals surface area contributed by atoms with Gasteiger partial charge in [0.2, 0.25) is 5.91 Å². The number of benzene rings is 2. The van der Waals surface area contributed by atoms with Gasteiger partial charge in [-0.2, -0.15) is 0 Å². The molecule has 0 saturated heterocycles. The molecule has 4 saturated carbocycles. The lowest BCUT2D eigenvalue weighted by Crippen LogP contribution is -2.61. The van der Waals surface area contributed by atoms with Gasteiger partial charge < -0.3 is 16.0 Å². The SMILES string of the molecule is O=C(CCNC(=O)NC12CC3CC(CC(C3)C1)C2)Nc1ccccc1-c1ccccc1. The summed E-state index contributed by atoms with van der Waals surface area (Å²) >= 11 is 0. The topological polar surface area (TPSA) is 70.2 Å². The molecule has 4 aliphatic rings. The van der Waals surface area contributed by atoms with Crippen LogP contribution >= 0.6 is 0 Å². The first kappa shape index (κ1) is 20.1. The van der Waals surface area contributed by atoms with Crippen molar-refractivity contribution in [2.45, 2.75) is 50.5 Å². The Bertz CT molecular complexity index is 921. The minimum atomic E-state index is -0.126. The van der Waals surface area contributed by atoms with E-state index >= 15 is 0 Å². The first-order valence-electron chi connectivity index (χ1n) is 11.6. The van der Waals surface area contributed by atoms with Gasteiger partial charge in [0.15, 0.2) is 0 Å². The molecule has 4 fully saturated rings. The molecule has 3 N–H and O–H groups in total. The molecule has 5 heteroatoms. The lowest BCUT2D eigenvalue weighted by Gasteiger charge is -2.56. The third-order valence-corrected chi connectivity index (χ3v) is 7.34. The third kappa shape index (κ3) is 4.46. The molecule has 0 heterocycles. The monoisotopic (exact) mass is 417 g/mol. The Morgan fingerprint density at radius 3 is 2.13 bits per heavy atom. The summed E-state index contributed by atoms with van der Waals surface area (Å²) < 4.78 is 0. The number of amides is 3. The van der Waals surface area contributed by atoms with Crippen LogP contribution in [0.25, 0.3) is 11.1 Å². The number of hydrogen-bond donors (Lipinski definition) is 3. The van der Waals surface area contributed by atoms with Crippen LogP contribution in [-0.4, -0.2) is 24.0 Å². The van der Waals surface area contributed by atoms with E-state index in [0.717, 1.165) is 53.8 Å². The van der Waals surface area contributed by atoms with Crippen LogP contribution in [-0.2, 0) is 4.79 Å². The lowest BCUT2D eigenvalue weighted by atomic mass is 9.53. The summed E-state index contributed by atoms with van der Waals surface area (Å²) in [6.45, 7) is 0.331. The Labute approximate surface area is 184 Å². The number of anilines is 1. The molecule has 4 bridgehead atoms. The molecule has 0 spiro atoms. The minimum Gasteiger partial charge on any atom is -0.338 e. The second-order valence-electron chi connectivity index (χ2n) is 9.79. The molecule has 0 aromatic heterocycles. The van der Waals surface area contributed by atoms with E-state index in [9.17, 15) is 9.59 Å². The van der Waals surface area contributed by atoms with E-state index in [2.05, 4.69) is 16.0 Å². The van der Waals surface area contributed by atoms with Gasteiger partial charge in [0.05, 0.1) is 0 Å². The van der Waals surface area contributed by atoms with Gasteiger partial charge in [0.25, 0.3) is 0 Å². The van der Waals surface area contributed by atoms with E-state index in [1.54, 1.807) is 0 Å². The van der Waals surface area contributed by atoms with Gasteiger partial charge in [-0.15, -0.1) is 0 Å². The molecule has 3 amide bonds. The molecule has 6 rings (SSSR count). The first-order valence-corrected chi connectivity index (χ1v) is 11.6. The minimum absolute atomic E-state index is 0.00425. The Balaban J connectivity index is 1.12. The van der Waals surface area contributed by atoms with Gasteiger partial charge in [0.1, 0.15) is 0 Å². The average Bonchev–Trinajstić information content (AvgIpc) is 2.73. The molecule has 0 unspecified atom stereocenters. The predicted octanol–water partition coefficient (Wildman–Crippen LogP) is 4.95. The fourth-order valence-corrected chi connectivity index (χ4v) is 6.51. The Hall–Kier alpha value is -2.82. The highest BCUT2D eigenvalue weighted by atomic mass is 16.2. The lowest BCUT2D eigenvalue weighted by molar-refractivity contribution is -0.116. The van der Waals surface area contributed by atoms with Crippen molar-refractivity contribution in [3.63, 3.8) is 0 Å². The van der Waals surface area contributed by atoms with Crippen molar-refractivity contribution in [3.8, 4) is 11.1 Å². The number of hydrogen-bond acceptors (Lipinski definition) is 2. The van der Waals surface area contributed by atoms with Crippen molar-refractivity contribution in [2.75, 3.05) is 11.9 Å². The largest absolute Gasteiger partial charge is 0.338 e. The second-order valence-corrected chi connectivity index (χ2v) is 9.79. The molecule has 0 aliphatic heterocycles. The molecule has 2 aromatic carbocycles. The fourth-order valence-electron chi connectivity index (χ4n) is 6.51. The highest BCUT2D eigenvalue weighted by Crippen LogP contribution is 2.55. The van der Waals surface area contributed by atoms with E-state index in [-0.39, 0.29) is 23.9 Å². The smallest absolute Gasteiger partial charge is 0.315 e. The molecular weight excluding hydrogens is 386 g/mol. The molecule has 31 heavy (non-hydrogen) atoms. The van der Waals surface area contributed by atoms with Crippen molar-refractivity contribution in [1.82, 2.24) is 10.6 Å². The van der Waals surface area contributed by atoms with E-state index in [0.29, 0.717) is 6.54 Å². The second kappa shape index (κ2) is 8.37. The van der Waals surface area contributed by atoms with Crippen LogP contribution in [0.2, 0.25) is 0 Å². The van der Waals surface area contributed by atoms with Crippen LogP contribution in [0.5, 0.6) is 0 Å². The fraction of sp³-hybridized carbons (Fsp3) is 0.462. The van der Waals surface area contributed by atoms with E-state index in [1.807, 2.05) is 54.6 Å². The number of para-hydroxylation sites is 1. The maximum Gasteiger partial charge on any atom is 0.315 e. The van der Waals surface area contributed by atoms with Crippen LogP contribution in [0.4, 0.5) is 10.5 Å². The first-order chi connectivity index (χ1) is 15.1. The van der Waals surface area contributed by atoms with Gasteiger partial charge in [-0.1, -0.05) is 48.5 Å². The van der Waals surface area contributed by atoms with E-state index in [4.69, 9.17) is 0 Å². The summed E-state index contributed by atoms with van der Waals surface area (Å²) in [5.41, 5.74) is 2.84. The highest BCUT2D eigenvalue weighted by molar-refractivity contribution is 5.95. The van der Waals surface area contributed by atoms with Gasteiger partial charge in [-0.3, -0.25) is 4.79 Å². The van der Waals surface area contributed by atoms with Crippen molar-refractivity contribution in [1.29, 1.82) is 0 Å². The van der Waals surface area contributed by atoms with Crippen LogP contribution in [0.15, 0.2) is 54.6 Å². The molecule has 162 valence electrons. The van der Waals surface area contributed by atoms with E-state index in [1.165, 1.54) is 19.3 Å². The van der Waals surface area contributed by atoms with Crippen LogP contribution in [0, 0.1) is 17.8 Å². The summed E-state index contributed by atoms with van der Waals surface area (Å²) in [5.74, 6) is 2.28. The average molecular weight is 418 g/mol. The predicted molar refractivity (Wildman–Crippen MR) is 123 cm³/mol. The van der Waals surface area contributed by atoms with E-state index < -0.39 is 0 Å². The van der Waals surface area contributed by atoms with Gasteiger partial charge in [-0.05, 0) is 67.9 Å². The maximum absolute atomic E-state index is 12.6. The van der Waals surface area contributed by atoms with Crippen molar-refractivity contribution < 1.29 is 9.59 Å². The summed E-state index contributed by atoms with van der Waals surface area (Å²) in [6.07, 6.45) is 7.69. The zero-order chi connectivity index (χ0) is 21.3. The zero-order valence-electron chi connectivity index (χ0n) is 17.9. The van der Waals surface area contributed by atoms with Gasteiger partial charge >= 0.3 is 6.03 Å². The number of urea groups is 1. The standard InChI is InChI=1S/C26H31N3O2/c30-24(28-23-9-5-4-8-22(23)21-6-2-1-3-7-21)10-11-27-25(31)29-26-15-18-12-19(16-26)14-20(13-18)17-26/h1-9,18-20H,10-17H2,(H,28,30)(H2,27,29,31). The summed E-state index contributed by atoms with van der Waals surface area (Å²) in [4.78, 5) is 25.1. The zero-order valence-corrected chi connectivity index (χ0v) is 17.9. The van der Waals surface area contributed by atoms with Crippen molar-refractivity contribution in [2.24, 2.45) is 17.8 Å². The normalized spacial score (nSPS) is 28.2. The summed E-state index contributed by atoms with van der Waals surface area (Å²) in [6, 6.07) is 17.7. The number of nitrogens with one attached hydrogen (secondary N) is 3. The quantitative estimate of drug-likeness (QED) is 0.622. The summed E-state index contributed by atoms with van der Waals surface area (Å²) in [7, 11) is 0. The van der Waals surface area contributed by atoms with Crippen LogP contribution in [0.1, 0.15) is 44.9 Å². The van der Waals surface area contributed by atoms with Crippen molar-refractivity contribution in [3.05, 3.63) is 54.6 Å². The molecule has 0 radical (unpaired) electrons. The molecule has 0 atom stereocenters. The molecule has 2 aromatic rings. The molecule has 5 nitrogen and oxygen atoms in total. The Kier molecular flexibility index (Phi) is 5.43. The number of carbonyl (C=O) groups is 2. The van der Waals surface area contributed by atoms with Crippen LogP contribution in [0.3, 0.4) is 0 Å². The summed E-state index contributed by atoms with van der Waals surface area (Å²) in [5, 5.41) is 9.21. The number of carbonyl (C=O) groups excluding carboxylic acids is 2. The Morgan fingerprint density at radius 1 is 0.839 bits per heavy atom. The van der Waals surface area contributed by atoms with Crippen LogP contribution < -0.4 is 16.0 Å². The maximum atomic E-state index is 12.6. The third-order valence-electron chi connectivity index (χ3n) is 7.34. The molecule has 4 aliphatic carbocycles. The highest BCUT2D eigenvalue weighted by Gasteiger charge is 2.51. The molecular formula is C26H31N3O2. The van der Waals surface area contributed by atoms with Crippen molar-refractivity contribution >= 4 is 17.6 Å². The van der Waals surface area contributed by atoms with Gasteiger partial charge in [-0.25, -0.2) is 4.79 Å². The Morgan fingerprint density at radius 2 is 1.45 bits per heavy atom.